The Hall–Kier alpha value is -2.85. The van der Waals surface area contributed by atoms with Crippen molar-refractivity contribution in [1.82, 2.24) is 4.98 Å². The quantitative estimate of drug-likeness (QED) is 0.624. The Labute approximate surface area is 143 Å². The van der Waals surface area contributed by atoms with Gasteiger partial charge in [0.2, 0.25) is 0 Å². The molecule has 1 heterocycles. The Bertz CT molecular complexity index is 1100. The predicted molar refractivity (Wildman–Crippen MR) is 84.7 cm³/mol. The zero-order valence-corrected chi connectivity index (χ0v) is 13.0. The minimum absolute atomic E-state index is 0.0818. The number of nitrogens with zero attached hydrogens (tertiary/aromatic N) is 1. The van der Waals surface area contributed by atoms with Gasteiger partial charge in [-0.1, -0.05) is 11.6 Å². The van der Waals surface area contributed by atoms with E-state index in [1.807, 2.05) is 6.07 Å². The van der Waals surface area contributed by atoms with E-state index in [9.17, 15) is 22.4 Å². The predicted octanol–water partition coefficient (Wildman–Crippen LogP) is 4.88. The molecule has 3 aromatic rings. The largest absolute Gasteiger partial charge is 0.416 e. The fourth-order valence-corrected chi connectivity index (χ4v) is 2.67. The fraction of sp³-hybridized carbons (Fsp3) is 0.0588. The highest BCUT2D eigenvalue weighted by molar-refractivity contribution is 6.33. The number of alkyl halides is 3. The van der Waals surface area contributed by atoms with Gasteiger partial charge in [0, 0.05) is 16.7 Å². The lowest BCUT2D eigenvalue weighted by Gasteiger charge is -2.11. The average molecular weight is 367 g/mol. The maximum atomic E-state index is 14.0. The molecule has 0 saturated heterocycles. The number of pyridine rings is 1. The van der Waals surface area contributed by atoms with Crippen LogP contribution in [0.4, 0.5) is 17.6 Å². The molecule has 0 aliphatic heterocycles. The molecule has 0 fully saturated rings. The van der Waals surface area contributed by atoms with Crippen LogP contribution in [0.2, 0.25) is 5.02 Å². The minimum atomic E-state index is -4.76. The lowest BCUT2D eigenvalue weighted by Crippen LogP contribution is -2.10. The number of hydrogen-bond acceptors (Lipinski definition) is 2. The van der Waals surface area contributed by atoms with Gasteiger partial charge in [-0.25, -0.2) is 4.39 Å². The highest BCUT2D eigenvalue weighted by Crippen LogP contribution is 2.33. The number of rotatable bonds is 1. The van der Waals surface area contributed by atoms with Crippen LogP contribution < -0.4 is 5.43 Å². The SMILES string of the molecule is N#Cc1ccc(Cl)c(-c2cc(=O)c3c(F)cc(C(F)(F)F)cc3[nH]2)c1. The molecule has 0 aliphatic rings. The van der Waals surface area contributed by atoms with Gasteiger partial charge in [-0.05, 0) is 30.3 Å². The van der Waals surface area contributed by atoms with Gasteiger partial charge in [0.1, 0.15) is 5.82 Å². The maximum absolute atomic E-state index is 14.0. The van der Waals surface area contributed by atoms with E-state index in [2.05, 4.69) is 4.98 Å². The Balaban J connectivity index is 2.33. The monoisotopic (exact) mass is 366 g/mol. The standard InChI is InChI=1S/C17H7ClF4N2O/c18-11-2-1-8(7-23)3-10(11)13-6-15(25)16-12(19)4-9(17(20,21)22)5-14(16)24-13/h1-6H,(H,24,25). The summed E-state index contributed by atoms with van der Waals surface area (Å²) in [5.74, 6) is -1.27. The number of nitriles is 1. The summed E-state index contributed by atoms with van der Waals surface area (Å²) in [6, 6.07) is 8.11. The van der Waals surface area contributed by atoms with Gasteiger partial charge >= 0.3 is 6.18 Å². The molecule has 1 aromatic heterocycles. The number of H-pyrrole nitrogens is 1. The zero-order chi connectivity index (χ0) is 18.4. The first-order chi connectivity index (χ1) is 11.7. The van der Waals surface area contributed by atoms with Crippen LogP contribution in [0.5, 0.6) is 0 Å². The first-order valence-corrected chi connectivity index (χ1v) is 7.22. The molecule has 8 heteroatoms. The van der Waals surface area contributed by atoms with Crippen molar-refractivity contribution in [3.05, 3.63) is 68.6 Å². The van der Waals surface area contributed by atoms with Crippen LogP contribution in [0, 0.1) is 17.1 Å². The van der Waals surface area contributed by atoms with Crippen molar-refractivity contribution in [1.29, 1.82) is 5.26 Å². The second kappa shape index (κ2) is 5.90. The van der Waals surface area contributed by atoms with Crippen molar-refractivity contribution in [3.8, 4) is 17.3 Å². The summed E-state index contributed by atoms with van der Waals surface area (Å²) in [6.07, 6.45) is -4.76. The number of halogens is 5. The van der Waals surface area contributed by atoms with Gasteiger partial charge in [0.15, 0.2) is 5.43 Å². The Kier molecular flexibility index (Phi) is 4.01. The van der Waals surface area contributed by atoms with Crippen molar-refractivity contribution >= 4 is 22.5 Å². The third-order valence-electron chi connectivity index (χ3n) is 3.59. The average Bonchev–Trinajstić information content (AvgIpc) is 2.53. The van der Waals surface area contributed by atoms with Crippen LogP contribution >= 0.6 is 11.6 Å². The molecular weight excluding hydrogens is 360 g/mol. The van der Waals surface area contributed by atoms with E-state index in [0.717, 1.165) is 6.07 Å². The Morgan fingerprint density at radius 2 is 1.84 bits per heavy atom. The number of hydrogen-bond donors (Lipinski definition) is 1. The number of nitrogens with one attached hydrogen (secondary N) is 1. The van der Waals surface area contributed by atoms with Crippen LogP contribution in [0.3, 0.4) is 0 Å². The molecule has 3 nitrogen and oxygen atoms in total. The van der Waals surface area contributed by atoms with Gasteiger partial charge < -0.3 is 4.98 Å². The van der Waals surface area contributed by atoms with Crippen molar-refractivity contribution in [2.75, 3.05) is 0 Å². The lowest BCUT2D eigenvalue weighted by atomic mass is 10.0. The molecule has 1 N–H and O–H groups in total. The first-order valence-electron chi connectivity index (χ1n) is 6.84. The molecule has 2 aromatic carbocycles. The lowest BCUT2D eigenvalue weighted by molar-refractivity contribution is -0.137. The van der Waals surface area contributed by atoms with Gasteiger partial charge in [-0.15, -0.1) is 0 Å². The fourth-order valence-electron chi connectivity index (χ4n) is 2.45. The van der Waals surface area contributed by atoms with Crippen LogP contribution in [0.25, 0.3) is 22.2 Å². The van der Waals surface area contributed by atoms with E-state index in [1.54, 1.807) is 0 Å². The molecule has 0 bridgehead atoms. The third-order valence-corrected chi connectivity index (χ3v) is 3.92. The number of aromatic amines is 1. The van der Waals surface area contributed by atoms with E-state index in [-0.39, 0.29) is 33.4 Å². The molecule has 0 saturated carbocycles. The molecule has 0 radical (unpaired) electrons. The van der Waals surface area contributed by atoms with Gasteiger partial charge in [-0.2, -0.15) is 18.4 Å². The van der Waals surface area contributed by atoms with Crippen molar-refractivity contribution in [2.24, 2.45) is 0 Å². The normalized spacial score (nSPS) is 11.5. The molecule has 0 unspecified atom stereocenters. The van der Waals surface area contributed by atoms with Gasteiger partial charge in [0.05, 0.1) is 33.8 Å². The highest BCUT2D eigenvalue weighted by atomic mass is 35.5. The molecule has 0 spiro atoms. The van der Waals surface area contributed by atoms with E-state index >= 15 is 0 Å². The minimum Gasteiger partial charge on any atom is -0.354 e. The summed E-state index contributed by atoms with van der Waals surface area (Å²) in [5, 5.41) is 8.65. The molecule has 126 valence electrons. The summed E-state index contributed by atoms with van der Waals surface area (Å²) in [5.41, 5.74) is -1.75. The smallest absolute Gasteiger partial charge is 0.354 e. The van der Waals surface area contributed by atoms with Crippen LogP contribution in [-0.2, 0) is 6.18 Å². The molecule has 25 heavy (non-hydrogen) atoms. The molecule has 0 atom stereocenters. The number of benzene rings is 2. The van der Waals surface area contributed by atoms with E-state index in [0.29, 0.717) is 6.07 Å². The third kappa shape index (κ3) is 3.08. The van der Waals surface area contributed by atoms with E-state index < -0.39 is 28.4 Å². The summed E-state index contributed by atoms with van der Waals surface area (Å²) in [7, 11) is 0. The Morgan fingerprint density at radius 3 is 2.48 bits per heavy atom. The van der Waals surface area contributed by atoms with Crippen molar-refractivity contribution in [3.63, 3.8) is 0 Å². The maximum Gasteiger partial charge on any atom is 0.416 e. The van der Waals surface area contributed by atoms with Crippen molar-refractivity contribution < 1.29 is 17.6 Å². The topological polar surface area (TPSA) is 56.6 Å². The highest BCUT2D eigenvalue weighted by Gasteiger charge is 2.32. The first kappa shape index (κ1) is 17.0. The van der Waals surface area contributed by atoms with Crippen LogP contribution in [-0.4, -0.2) is 4.98 Å². The number of fused-ring (bicyclic) bond motifs is 1. The molecule has 0 aliphatic carbocycles. The van der Waals surface area contributed by atoms with Gasteiger partial charge in [-0.3, -0.25) is 4.79 Å². The van der Waals surface area contributed by atoms with Crippen LogP contribution in [0.15, 0.2) is 41.2 Å². The second-order valence-corrected chi connectivity index (χ2v) is 5.64. The summed E-state index contributed by atoms with van der Waals surface area (Å²) in [6.45, 7) is 0. The van der Waals surface area contributed by atoms with Crippen LogP contribution in [0.1, 0.15) is 11.1 Å². The summed E-state index contributed by atoms with van der Waals surface area (Å²) >= 11 is 6.04. The van der Waals surface area contributed by atoms with Gasteiger partial charge in [0.25, 0.3) is 0 Å². The molecule has 3 rings (SSSR count). The molecular formula is C17H7ClF4N2O. The van der Waals surface area contributed by atoms with Crippen molar-refractivity contribution in [2.45, 2.75) is 6.18 Å². The van der Waals surface area contributed by atoms with E-state index in [1.165, 1.54) is 18.2 Å². The molecule has 0 amide bonds. The zero-order valence-electron chi connectivity index (χ0n) is 12.2. The van der Waals surface area contributed by atoms with E-state index in [4.69, 9.17) is 16.9 Å². The summed E-state index contributed by atoms with van der Waals surface area (Å²) < 4.78 is 52.6. The Morgan fingerprint density at radius 1 is 1.12 bits per heavy atom. The second-order valence-electron chi connectivity index (χ2n) is 5.23. The number of aromatic nitrogens is 1. The summed E-state index contributed by atoms with van der Waals surface area (Å²) in [4.78, 5) is 14.8.